The maximum absolute atomic E-state index is 11.0. The average Bonchev–Trinajstić information content (AvgIpc) is 2.84. The highest BCUT2D eigenvalue weighted by molar-refractivity contribution is 5.85. The molecule has 2 rings (SSSR count). The van der Waals surface area contributed by atoms with Crippen LogP contribution in [0.2, 0.25) is 0 Å². The first kappa shape index (κ1) is 9.31. The Labute approximate surface area is 83.7 Å². The molecule has 2 heterocycles. The van der Waals surface area contributed by atoms with Crippen molar-refractivity contribution in [2.75, 3.05) is 7.11 Å². The van der Waals surface area contributed by atoms with Crippen LogP contribution in [0.3, 0.4) is 0 Å². The van der Waals surface area contributed by atoms with Crippen LogP contribution in [0.5, 0.6) is 0 Å². The Balaban J connectivity index is 2.31. The fraction of sp³-hybridized carbons (Fsp3) is 0.286. The lowest BCUT2D eigenvalue weighted by Gasteiger charge is -1.89. The molecule has 0 atom stereocenters. The highest BCUT2D eigenvalue weighted by Crippen LogP contribution is 2.11. The van der Waals surface area contributed by atoms with Crippen LogP contribution < -0.4 is 0 Å². The molecule has 2 aromatic heterocycles. The van der Waals surface area contributed by atoms with Gasteiger partial charge in [0.05, 0.1) is 7.11 Å². The number of hydrogen-bond donors (Lipinski definition) is 1. The summed E-state index contributed by atoms with van der Waals surface area (Å²) in [6, 6.07) is 0. The Morgan fingerprint density at radius 1 is 1.47 bits per heavy atom. The lowest BCUT2D eigenvalue weighted by Crippen LogP contribution is -2.03. The van der Waals surface area contributed by atoms with Gasteiger partial charge in [0.25, 0.3) is 5.89 Å². The number of aromatic nitrogens is 5. The summed E-state index contributed by atoms with van der Waals surface area (Å²) in [7, 11) is 1.25. The third kappa shape index (κ3) is 1.68. The zero-order chi connectivity index (χ0) is 10.8. The van der Waals surface area contributed by atoms with Gasteiger partial charge in [-0.05, 0) is 6.92 Å². The summed E-state index contributed by atoms with van der Waals surface area (Å²) in [5.74, 6) is 0.165. The van der Waals surface area contributed by atoms with Crippen LogP contribution in [0, 0.1) is 6.92 Å². The zero-order valence-electron chi connectivity index (χ0n) is 8.01. The van der Waals surface area contributed by atoms with Crippen molar-refractivity contribution in [3.05, 3.63) is 11.6 Å². The van der Waals surface area contributed by atoms with Crippen LogP contribution in [0.15, 0.2) is 4.52 Å². The lowest BCUT2D eigenvalue weighted by atomic mass is 10.6. The minimum absolute atomic E-state index is 0.0108. The second-order valence-electron chi connectivity index (χ2n) is 2.65. The van der Waals surface area contributed by atoms with E-state index < -0.39 is 5.97 Å². The van der Waals surface area contributed by atoms with Crippen LogP contribution in [0.25, 0.3) is 11.7 Å². The standard InChI is InChI=1S/C7H7N5O3/c1-3-8-6(15-12-3)4-9-5(11-10-4)7(13)14-2/h1-2H3,(H,9,10,11). The van der Waals surface area contributed by atoms with E-state index in [0.717, 1.165) is 0 Å². The van der Waals surface area contributed by atoms with Gasteiger partial charge in [0.1, 0.15) is 0 Å². The van der Waals surface area contributed by atoms with E-state index in [1.807, 2.05) is 0 Å². The molecule has 0 bridgehead atoms. The minimum atomic E-state index is -0.606. The first-order chi connectivity index (χ1) is 7.20. The molecule has 0 aromatic carbocycles. The summed E-state index contributed by atoms with van der Waals surface area (Å²) in [6.07, 6.45) is 0. The van der Waals surface area contributed by atoms with Gasteiger partial charge in [0, 0.05) is 0 Å². The number of rotatable bonds is 2. The molecule has 1 N–H and O–H groups in total. The predicted molar refractivity (Wildman–Crippen MR) is 45.8 cm³/mol. The molecule has 0 aliphatic rings. The number of methoxy groups -OCH3 is 1. The Bertz CT molecular complexity index is 488. The first-order valence-electron chi connectivity index (χ1n) is 4.02. The summed E-state index contributed by atoms with van der Waals surface area (Å²) in [4.78, 5) is 18.8. The van der Waals surface area contributed by atoms with Crippen molar-refractivity contribution in [2.24, 2.45) is 0 Å². The van der Waals surface area contributed by atoms with Crippen LogP contribution in [-0.2, 0) is 4.74 Å². The van der Waals surface area contributed by atoms with Crippen molar-refractivity contribution >= 4 is 5.97 Å². The number of carbonyl (C=O) groups is 1. The van der Waals surface area contributed by atoms with Gasteiger partial charge in [-0.25, -0.2) is 4.79 Å². The smallest absolute Gasteiger partial charge is 0.375 e. The van der Waals surface area contributed by atoms with Crippen LogP contribution in [-0.4, -0.2) is 38.4 Å². The summed E-state index contributed by atoms with van der Waals surface area (Å²) in [5, 5.41) is 9.71. The quantitative estimate of drug-likeness (QED) is 0.691. The monoisotopic (exact) mass is 209 g/mol. The van der Waals surface area contributed by atoms with Gasteiger partial charge in [-0.1, -0.05) is 5.16 Å². The maximum Gasteiger partial charge on any atom is 0.375 e. The molecule has 8 heteroatoms. The third-order valence-corrected chi connectivity index (χ3v) is 1.58. The Kier molecular flexibility index (Phi) is 2.16. The van der Waals surface area contributed by atoms with Crippen molar-refractivity contribution < 1.29 is 14.1 Å². The number of esters is 1. The first-order valence-corrected chi connectivity index (χ1v) is 4.02. The molecule has 15 heavy (non-hydrogen) atoms. The summed E-state index contributed by atoms with van der Waals surface area (Å²) >= 11 is 0. The van der Waals surface area contributed by atoms with Crippen LogP contribution in [0.4, 0.5) is 0 Å². The zero-order valence-corrected chi connectivity index (χ0v) is 8.01. The number of hydrogen-bond acceptors (Lipinski definition) is 7. The van der Waals surface area contributed by atoms with E-state index in [4.69, 9.17) is 4.52 Å². The van der Waals surface area contributed by atoms with E-state index in [2.05, 4.69) is 30.1 Å². The normalized spacial score (nSPS) is 10.3. The molecule has 2 aromatic rings. The topological polar surface area (TPSA) is 107 Å². The largest absolute Gasteiger partial charge is 0.463 e. The van der Waals surface area contributed by atoms with Gasteiger partial charge in [0.2, 0.25) is 11.6 Å². The number of aromatic amines is 1. The second-order valence-corrected chi connectivity index (χ2v) is 2.65. The number of ether oxygens (including phenoxy) is 1. The van der Waals surface area contributed by atoms with Gasteiger partial charge >= 0.3 is 5.97 Å². The molecule has 0 unspecified atom stereocenters. The van der Waals surface area contributed by atoms with Gasteiger partial charge in [-0.15, -0.1) is 5.10 Å². The molecule has 8 nitrogen and oxygen atoms in total. The highest BCUT2D eigenvalue weighted by atomic mass is 16.5. The fourth-order valence-corrected chi connectivity index (χ4v) is 0.933. The molecule has 0 aliphatic carbocycles. The molecule has 0 aliphatic heterocycles. The van der Waals surface area contributed by atoms with Crippen molar-refractivity contribution in [3.63, 3.8) is 0 Å². The van der Waals surface area contributed by atoms with Gasteiger partial charge in [-0.3, -0.25) is 5.10 Å². The summed E-state index contributed by atoms with van der Waals surface area (Å²) in [6.45, 7) is 1.67. The molecule has 0 amide bonds. The van der Waals surface area contributed by atoms with Gasteiger partial charge < -0.3 is 9.26 Å². The lowest BCUT2D eigenvalue weighted by molar-refractivity contribution is 0.0587. The van der Waals surface area contributed by atoms with Crippen molar-refractivity contribution in [1.29, 1.82) is 0 Å². The van der Waals surface area contributed by atoms with E-state index >= 15 is 0 Å². The molecule has 0 saturated carbocycles. The van der Waals surface area contributed by atoms with E-state index in [1.54, 1.807) is 6.92 Å². The Hall–Kier alpha value is -2.25. The SMILES string of the molecule is COC(=O)c1nc(-c2nc(C)no2)n[nH]1. The number of nitrogens with one attached hydrogen (secondary N) is 1. The summed E-state index contributed by atoms with van der Waals surface area (Å²) in [5.41, 5.74) is 0. The van der Waals surface area contributed by atoms with Crippen molar-refractivity contribution in [1.82, 2.24) is 25.3 Å². The fourth-order valence-electron chi connectivity index (χ4n) is 0.933. The molecular weight excluding hydrogens is 202 g/mol. The molecule has 0 fully saturated rings. The van der Waals surface area contributed by atoms with Gasteiger partial charge in [0.15, 0.2) is 5.82 Å². The number of H-pyrrole nitrogens is 1. The van der Waals surface area contributed by atoms with Crippen molar-refractivity contribution in [3.8, 4) is 11.7 Å². The molecular formula is C7H7N5O3. The molecule has 0 radical (unpaired) electrons. The maximum atomic E-state index is 11.0. The van der Waals surface area contributed by atoms with Crippen molar-refractivity contribution in [2.45, 2.75) is 6.92 Å². The van der Waals surface area contributed by atoms with Gasteiger partial charge in [-0.2, -0.15) is 9.97 Å². The molecule has 0 saturated heterocycles. The number of aryl methyl sites for hydroxylation is 1. The predicted octanol–water partition coefficient (Wildman–Crippen LogP) is -0.0503. The van der Waals surface area contributed by atoms with E-state index in [-0.39, 0.29) is 17.5 Å². The van der Waals surface area contributed by atoms with E-state index in [9.17, 15) is 4.79 Å². The minimum Gasteiger partial charge on any atom is -0.463 e. The van der Waals surface area contributed by atoms with E-state index in [1.165, 1.54) is 7.11 Å². The second kappa shape index (κ2) is 3.48. The molecule has 78 valence electrons. The Morgan fingerprint density at radius 3 is 2.87 bits per heavy atom. The Morgan fingerprint density at radius 2 is 2.27 bits per heavy atom. The highest BCUT2D eigenvalue weighted by Gasteiger charge is 2.16. The number of nitrogens with zero attached hydrogens (tertiary/aromatic N) is 4. The average molecular weight is 209 g/mol. The summed E-state index contributed by atoms with van der Waals surface area (Å²) < 4.78 is 9.27. The van der Waals surface area contributed by atoms with Crippen LogP contribution in [0.1, 0.15) is 16.4 Å². The third-order valence-electron chi connectivity index (χ3n) is 1.58. The number of carbonyl (C=O) groups excluding carboxylic acids is 1. The van der Waals surface area contributed by atoms with E-state index in [0.29, 0.717) is 5.82 Å². The molecule has 0 spiro atoms. The van der Waals surface area contributed by atoms with Crippen LogP contribution >= 0.6 is 0 Å².